The Hall–Kier alpha value is -3.15. The SMILES string of the molecule is CC(c1ccc(O)c(CC(=O)CCOCCOCCOCCN)c1)(c1ccc(O)c(CC(=O)CCOCCOCCOCCN)c1)C(F)(F)F. The Labute approximate surface area is 291 Å². The average molecular weight is 717 g/mol. The molecule has 0 radical (unpaired) electrons. The van der Waals surface area contributed by atoms with E-state index in [-0.39, 0.29) is 97.4 Å². The van der Waals surface area contributed by atoms with Crippen LogP contribution in [0.25, 0.3) is 0 Å². The molecule has 0 aliphatic carbocycles. The average Bonchev–Trinajstić information content (AvgIpc) is 3.07. The van der Waals surface area contributed by atoms with Gasteiger partial charge in [0.2, 0.25) is 0 Å². The lowest BCUT2D eigenvalue weighted by molar-refractivity contribution is -0.173. The highest BCUT2D eigenvalue weighted by molar-refractivity contribution is 5.82. The van der Waals surface area contributed by atoms with Crippen molar-refractivity contribution in [3.05, 3.63) is 58.7 Å². The molecule has 2 rings (SSSR count). The minimum absolute atomic E-state index is 0.0148. The third-order valence-corrected chi connectivity index (χ3v) is 7.72. The normalized spacial score (nSPS) is 12.0. The van der Waals surface area contributed by atoms with E-state index in [2.05, 4.69) is 0 Å². The summed E-state index contributed by atoms with van der Waals surface area (Å²) >= 11 is 0. The molecule has 12 nitrogen and oxygen atoms in total. The number of carbonyl (C=O) groups excluding carboxylic acids is 2. The van der Waals surface area contributed by atoms with Gasteiger partial charge in [-0.05, 0) is 30.2 Å². The van der Waals surface area contributed by atoms with Crippen molar-refractivity contribution in [3.63, 3.8) is 0 Å². The van der Waals surface area contributed by atoms with E-state index in [0.717, 1.165) is 43.3 Å². The fraction of sp³-hybridized carbons (Fsp3) is 0.600. The van der Waals surface area contributed by atoms with Crippen molar-refractivity contribution in [2.75, 3.05) is 92.4 Å². The lowest BCUT2D eigenvalue weighted by Gasteiger charge is -2.34. The molecule has 0 bridgehead atoms. The molecule has 2 aromatic carbocycles. The van der Waals surface area contributed by atoms with Crippen molar-refractivity contribution in [2.45, 2.75) is 44.2 Å². The van der Waals surface area contributed by atoms with Crippen LogP contribution in [-0.4, -0.2) is 120 Å². The molecule has 0 spiro atoms. The van der Waals surface area contributed by atoms with Gasteiger partial charge in [0.25, 0.3) is 0 Å². The first-order valence-electron chi connectivity index (χ1n) is 16.6. The van der Waals surface area contributed by atoms with Crippen LogP contribution in [0.4, 0.5) is 13.2 Å². The molecule has 6 N–H and O–H groups in total. The van der Waals surface area contributed by atoms with Crippen molar-refractivity contribution < 1.29 is 61.4 Å². The number of carbonyl (C=O) groups is 2. The van der Waals surface area contributed by atoms with E-state index in [1.54, 1.807) is 0 Å². The number of rotatable bonds is 28. The van der Waals surface area contributed by atoms with Gasteiger partial charge in [0.05, 0.1) is 79.3 Å². The first-order chi connectivity index (χ1) is 23.9. The number of ether oxygens (including phenoxy) is 6. The number of Topliss-reactive ketones (excluding diaryl/α,β-unsaturated/α-hetero) is 2. The van der Waals surface area contributed by atoms with Gasteiger partial charge in [-0.1, -0.05) is 24.3 Å². The molecule has 0 heterocycles. The number of ketones is 2. The third-order valence-electron chi connectivity index (χ3n) is 7.72. The number of phenols is 2. The summed E-state index contributed by atoms with van der Waals surface area (Å²) in [5, 5.41) is 20.8. The lowest BCUT2D eigenvalue weighted by atomic mass is 9.74. The van der Waals surface area contributed by atoms with Crippen LogP contribution in [0.15, 0.2) is 36.4 Å². The fourth-order valence-electron chi connectivity index (χ4n) is 4.79. The molecular formula is C35H51F3N2O10. The molecule has 50 heavy (non-hydrogen) atoms. The quantitative estimate of drug-likeness (QED) is 0.0947. The number of aromatic hydroxyl groups is 2. The van der Waals surface area contributed by atoms with E-state index >= 15 is 0 Å². The van der Waals surface area contributed by atoms with E-state index in [4.69, 9.17) is 39.9 Å². The van der Waals surface area contributed by atoms with Gasteiger partial charge in [0, 0.05) is 49.9 Å². The maximum Gasteiger partial charge on any atom is 0.402 e. The largest absolute Gasteiger partial charge is 0.508 e. The highest BCUT2D eigenvalue weighted by Gasteiger charge is 2.53. The number of nitrogens with two attached hydrogens (primary N) is 2. The van der Waals surface area contributed by atoms with Gasteiger partial charge in [0.15, 0.2) is 0 Å². The molecule has 0 aromatic heterocycles. The van der Waals surface area contributed by atoms with Gasteiger partial charge in [0.1, 0.15) is 28.5 Å². The van der Waals surface area contributed by atoms with Crippen LogP contribution >= 0.6 is 0 Å². The molecule has 0 amide bonds. The van der Waals surface area contributed by atoms with Crippen molar-refractivity contribution >= 4 is 11.6 Å². The highest BCUT2D eigenvalue weighted by atomic mass is 19.4. The monoisotopic (exact) mass is 716 g/mol. The zero-order valence-electron chi connectivity index (χ0n) is 28.6. The second kappa shape index (κ2) is 23.3. The number of alkyl halides is 3. The molecule has 0 aliphatic rings. The van der Waals surface area contributed by atoms with Crippen LogP contribution < -0.4 is 11.5 Å². The Morgan fingerprint density at radius 2 is 0.900 bits per heavy atom. The van der Waals surface area contributed by atoms with Gasteiger partial charge in [-0.25, -0.2) is 0 Å². The van der Waals surface area contributed by atoms with Crippen LogP contribution in [0.2, 0.25) is 0 Å². The Morgan fingerprint density at radius 3 is 1.22 bits per heavy atom. The standard InChI is InChI=1S/C35H51F3N2O10/c1-34(35(36,37)38,28-2-4-32(43)26(22-28)24-30(41)6-10-45-14-18-49-20-16-47-12-8-39)29-3-5-33(44)27(23-29)25-31(42)7-11-46-15-19-50-21-17-48-13-9-40/h2-5,22-23,43-44H,6-21,24-25,39-40H2,1H3. The molecule has 0 atom stereocenters. The van der Waals surface area contributed by atoms with E-state index < -0.39 is 11.6 Å². The minimum Gasteiger partial charge on any atom is -0.508 e. The summed E-state index contributed by atoms with van der Waals surface area (Å²) in [6.45, 7) is 5.49. The lowest BCUT2D eigenvalue weighted by Crippen LogP contribution is -2.40. The molecule has 0 saturated carbocycles. The maximum atomic E-state index is 14.9. The Morgan fingerprint density at radius 1 is 0.580 bits per heavy atom. The molecular weight excluding hydrogens is 665 g/mol. The first-order valence-corrected chi connectivity index (χ1v) is 16.6. The second-order valence-corrected chi connectivity index (χ2v) is 11.5. The van der Waals surface area contributed by atoms with Gasteiger partial charge in [-0.2, -0.15) is 13.2 Å². The van der Waals surface area contributed by atoms with Gasteiger partial charge < -0.3 is 50.1 Å². The minimum atomic E-state index is -4.83. The summed E-state index contributed by atoms with van der Waals surface area (Å²) < 4.78 is 76.5. The zero-order valence-corrected chi connectivity index (χ0v) is 28.6. The predicted molar refractivity (Wildman–Crippen MR) is 178 cm³/mol. The summed E-state index contributed by atoms with van der Waals surface area (Å²) in [7, 11) is 0. The van der Waals surface area contributed by atoms with Crippen LogP contribution in [0.3, 0.4) is 0 Å². The van der Waals surface area contributed by atoms with E-state index in [0.29, 0.717) is 65.9 Å². The Balaban J connectivity index is 2.00. The summed E-state index contributed by atoms with van der Waals surface area (Å²) in [4.78, 5) is 25.3. The molecule has 0 aliphatic heterocycles. The predicted octanol–water partition coefficient (Wildman–Crippen LogP) is 2.99. The van der Waals surface area contributed by atoms with Crippen molar-refractivity contribution in [1.29, 1.82) is 0 Å². The molecule has 2 aromatic rings. The van der Waals surface area contributed by atoms with Gasteiger partial charge >= 0.3 is 6.18 Å². The molecule has 282 valence electrons. The van der Waals surface area contributed by atoms with Crippen LogP contribution in [0.1, 0.15) is 42.0 Å². The third kappa shape index (κ3) is 15.0. The zero-order chi connectivity index (χ0) is 36.8. The Bertz CT molecular complexity index is 1210. The topological polar surface area (TPSA) is 182 Å². The van der Waals surface area contributed by atoms with Crippen molar-refractivity contribution in [1.82, 2.24) is 0 Å². The van der Waals surface area contributed by atoms with E-state index in [9.17, 15) is 33.0 Å². The van der Waals surface area contributed by atoms with Crippen molar-refractivity contribution in [3.8, 4) is 11.5 Å². The maximum absolute atomic E-state index is 14.9. The summed E-state index contributed by atoms with van der Waals surface area (Å²) in [5.41, 5.74) is 7.66. The first kappa shape index (κ1) is 43.0. The summed E-state index contributed by atoms with van der Waals surface area (Å²) in [6, 6.07) is 6.86. The highest BCUT2D eigenvalue weighted by Crippen LogP contribution is 2.47. The fourth-order valence-corrected chi connectivity index (χ4v) is 4.79. The molecule has 0 saturated heterocycles. The number of hydrogen-bond donors (Lipinski definition) is 4. The van der Waals surface area contributed by atoms with E-state index in [1.807, 2.05) is 0 Å². The molecule has 0 unspecified atom stereocenters. The summed E-state index contributed by atoms with van der Waals surface area (Å²) in [6.07, 6.45) is -5.47. The number of hydrogen-bond acceptors (Lipinski definition) is 12. The number of benzene rings is 2. The second-order valence-electron chi connectivity index (χ2n) is 11.5. The van der Waals surface area contributed by atoms with Crippen LogP contribution in [0.5, 0.6) is 11.5 Å². The smallest absolute Gasteiger partial charge is 0.402 e. The van der Waals surface area contributed by atoms with Gasteiger partial charge in [-0.15, -0.1) is 0 Å². The van der Waals surface area contributed by atoms with Gasteiger partial charge in [-0.3, -0.25) is 9.59 Å². The molecule has 0 fully saturated rings. The van der Waals surface area contributed by atoms with Crippen LogP contribution in [-0.2, 0) is 56.3 Å². The summed E-state index contributed by atoms with van der Waals surface area (Å²) in [5.74, 6) is -1.31. The van der Waals surface area contributed by atoms with Crippen molar-refractivity contribution in [2.24, 2.45) is 11.5 Å². The number of phenolic OH excluding ortho intramolecular Hbond substituents is 2. The van der Waals surface area contributed by atoms with E-state index in [1.165, 1.54) is 0 Å². The Kier molecular flexibility index (Phi) is 20.1. The van der Waals surface area contributed by atoms with Crippen LogP contribution in [0, 0.1) is 0 Å². The number of halogens is 3. The molecule has 15 heteroatoms.